The number of carbonyl (C=O) groups excluding carboxylic acids is 1. The summed E-state index contributed by atoms with van der Waals surface area (Å²) in [5.74, 6) is -0.202. The molecule has 2 aromatic rings. The molecule has 0 spiro atoms. The van der Waals surface area contributed by atoms with Gasteiger partial charge in [0.25, 0.3) is 5.91 Å². The molecule has 2 rings (SSSR count). The summed E-state index contributed by atoms with van der Waals surface area (Å²) in [6.45, 7) is 1.90. The third-order valence-electron chi connectivity index (χ3n) is 2.64. The van der Waals surface area contributed by atoms with Crippen molar-refractivity contribution in [3.05, 3.63) is 69.7 Å². The number of aryl methyl sites for hydroxylation is 1. The summed E-state index contributed by atoms with van der Waals surface area (Å²) >= 11 is 3.36. The second kappa shape index (κ2) is 6.29. The average Bonchev–Trinajstić information content (AvgIpc) is 2.41. The van der Waals surface area contributed by atoms with Crippen LogP contribution in [0.2, 0.25) is 0 Å². The summed E-state index contributed by atoms with van der Waals surface area (Å²) in [6.07, 6.45) is 1.61. The van der Waals surface area contributed by atoms with E-state index >= 15 is 0 Å². The zero-order valence-electron chi connectivity index (χ0n) is 10.4. The Morgan fingerprint density at radius 1 is 1.16 bits per heavy atom. The molecule has 0 saturated heterocycles. The van der Waals surface area contributed by atoms with Gasteiger partial charge in [-0.15, -0.1) is 0 Å². The van der Waals surface area contributed by atoms with Crippen LogP contribution >= 0.6 is 15.9 Å². The van der Waals surface area contributed by atoms with Crippen LogP contribution in [0.25, 0.3) is 0 Å². The molecule has 0 fully saturated rings. The van der Waals surface area contributed by atoms with Gasteiger partial charge in [-0.05, 0) is 36.2 Å². The number of nitrogens with one attached hydrogen (secondary N) is 1. The molecule has 4 heteroatoms. The van der Waals surface area contributed by atoms with E-state index in [0.29, 0.717) is 5.56 Å². The van der Waals surface area contributed by atoms with E-state index in [1.165, 1.54) is 0 Å². The second-order valence-electron chi connectivity index (χ2n) is 4.07. The fraction of sp³-hybridized carbons (Fsp3) is 0.0667. The van der Waals surface area contributed by atoms with Gasteiger partial charge in [-0.25, -0.2) is 5.43 Å². The van der Waals surface area contributed by atoms with Gasteiger partial charge in [-0.2, -0.15) is 5.10 Å². The third-order valence-corrected chi connectivity index (χ3v) is 3.17. The highest BCUT2D eigenvalue weighted by atomic mass is 79.9. The molecule has 96 valence electrons. The molecule has 0 aliphatic rings. The number of amides is 1. The van der Waals surface area contributed by atoms with Gasteiger partial charge in [0.1, 0.15) is 0 Å². The average molecular weight is 317 g/mol. The van der Waals surface area contributed by atoms with Crippen LogP contribution in [0.1, 0.15) is 21.5 Å². The van der Waals surface area contributed by atoms with Crippen LogP contribution in [0.5, 0.6) is 0 Å². The van der Waals surface area contributed by atoms with Crippen molar-refractivity contribution in [1.82, 2.24) is 5.43 Å². The summed E-state index contributed by atoms with van der Waals surface area (Å²) in [7, 11) is 0. The van der Waals surface area contributed by atoms with E-state index in [2.05, 4.69) is 26.5 Å². The molecule has 0 saturated carbocycles. The van der Waals surface area contributed by atoms with Crippen LogP contribution in [-0.2, 0) is 0 Å². The Labute approximate surface area is 120 Å². The number of hydrogen-bond donors (Lipinski definition) is 1. The van der Waals surface area contributed by atoms with E-state index in [0.717, 1.165) is 15.6 Å². The molecule has 1 amide bonds. The maximum Gasteiger partial charge on any atom is 0.271 e. The van der Waals surface area contributed by atoms with Gasteiger partial charge in [0.15, 0.2) is 0 Å². The van der Waals surface area contributed by atoms with Crippen molar-refractivity contribution in [1.29, 1.82) is 0 Å². The molecule has 0 atom stereocenters. The molecule has 1 N–H and O–H groups in total. The predicted molar refractivity (Wildman–Crippen MR) is 80.4 cm³/mol. The predicted octanol–water partition coefficient (Wildman–Crippen LogP) is 3.52. The van der Waals surface area contributed by atoms with Crippen molar-refractivity contribution >= 4 is 28.1 Å². The van der Waals surface area contributed by atoms with Crippen molar-refractivity contribution in [2.75, 3.05) is 0 Å². The fourth-order valence-electron chi connectivity index (χ4n) is 1.60. The quantitative estimate of drug-likeness (QED) is 0.683. The minimum absolute atomic E-state index is 0.202. The Kier molecular flexibility index (Phi) is 4.47. The van der Waals surface area contributed by atoms with Gasteiger partial charge in [-0.1, -0.05) is 46.3 Å². The first kappa shape index (κ1) is 13.5. The molecule has 0 aliphatic carbocycles. The van der Waals surface area contributed by atoms with E-state index in [1.54, 1.807) is 12.3 Å². The van der Waals surface area contributed by atoms with E-state index in [1.807, 2.05) is 49.4 Å². The summed E-state index contributed by atoms with van der Waals surface area (Å²) in [6, 6.07) is 15.1. The fourth-order valence-corrected chi connectivity index (χ4v) is 1.87. The van der Waals surface area contributed by atoms with Gasteiger partial charge in [0, 0.05) is 10.0 Å². The molecule has 0 aliphatic heterocycles. The number of rotatable bonds is 3. The number of carbonyl (C=O) groups is 1. The summed E-state index contributed by atoms with van der Waals surface area (Å²) < 4.78 is 1.01. The standard InChI is InChI=1S/C15H13BrN2O/c1-11-4-2-3-5-14(11)15(19)18-17-10-12-6-8-13(16)9-7-12/h2-10H,1H3,(H,18,19). The molecular weight excluding hydrogens is 304 g/mol. The third kappa shape index (κ3) is 3.76. The summed E-state index contributed by atoms with van der Waals surface area (Å²) in [5.41, 5.74) is 5.01. The van der Waals surface area contributed by atoms with Gasteiger partial charge in [-0.3, -0.25) is 4.79 Å². The lowest BCUT2D eigenvalue weighted by molar-refractivity contribution is 0.0954. The minimum atomic E-state index is -0.202. The van der Waals surface area contributed by atoms with E-state index in [9.17, 15) is 4.79 Å². The smallest absolute Gasteiger partial charge is 0.267 e. The number of benzene rings is 2. The number of nitrogens with zero attached hydrogens (tertiary/aromatic N) is 1. The SMILES string of the molecule is Cc1ccccc1C(=O)NN=Cc1ccc(Br)cc1. The molecule has 0 heterocycles. The van der Waals surface area contributed by atoms with Gasteiger partial charge in [0.2, 0.25) is 0 Å². The lowest BCUT2D eigenvalue weighted by atomic mass is 10.1. The van der Waals surface area contributed by atoms with Gasteiger partial charge >= 0.3 is 0 Å². The Morgan fingerprint density at radius 2 is 1.84 bits per heavy atom. The van der Waals surface area contributed by atoms with Crippen molar-refractivity contribution < 1.29 is 4.79 Å². The molecule has 2 aromatic carbocycles. The van der Waals surface area contributed by atoms with Crippen molar-refractivity contribution in [3.8, 4) is 0 Å². The molecule has 19 heavy (non-hydrogen) atoms. The topological polar surface area (TPSA) is 41.5 Å². The van der Waals surface area contributed by atoms with Crippen molar-refractivity contribution in [2.45, 2.75) is 6.92 Å². The largest absolute Gasteiger partial charge is 0.271 e. The molecule has 0 radical (unpaired) electrons. The Balaban J connectivity index is 2.01. The Morgan fingerprint density at radius 3 is 2.53 bits per heavy atom. The zero-order chi connectivity index (χ0) is 13.7. The highest BCUT2D eigenvalue weighted by Gasteiger charge is 2.05. The van der Waals surface area contributed by atoms with Crippen molar-refractivity contribution in [3.63, 3.8) is 0 Å². The van der Waals surface area contributed by atoms with Crippen molar-refractivity contribution in [2.24, 2.45) is 5.10 Å². The summed E-state index contributed by atoms with van der Waals surface area (Å²) in [4.78, 5) is 11.9. The summed E-state index contributed by atoms with van der Waals surface area (Å²) in [5, 5.41) is 3.95. The van der Waals surface area contributed by atoms with Crippen LogP contribution in [0.15, 0.2) is 58.1 Å². The van der Waals surface area contributed by atoms with Crippen LogP contribution in [0.3, 0.4) is 0 Å². The number of halogens is 1. The van der Waals surface area contributed by atoms with Crippen LogP contribution in [0.4, 0.5) is 0 Å². The van der Waals surface area contributed by atoms with Gasteiger partial charge in [0.05, 0.1) is 6.21 Å². The highest BCUT2D eigenvalue weighted by Crippen LogP contribution is 2.09. The highest BCUT2D eigenvalue weighted by molar-refractivity contribution is 9.10. The first-order valence-corrected chi connectivity index (χ1v) is 6.61. The first-order valence-electron chi connectivity index (χ1n) is 5.81. The molecular formula is C15H13BrN2O. The lowest BCUT2D eigenvalue weighted by Gasteiger charge is -2.02. The van der Waals surface area contributed by atoms with E-state index in [-0.39, 0.29) is 5.91 Å². The maximum atomic E-state index is 11.9. The lowest BCUT2D eigenvalue weighted by Crippen LogP contribution is -2.18. The minimum Gasteiger partial charge on any atom is -0.267 e. The van der Waals surface area contributed by atoms with Gasteiger partial charge < -0.3 is 0 Å². The zero-order valence-corrected chi connectivity index (χ0v) is 12.0. The molecule has 0 bridgehead atoms. The first-order chi connectivity index (χ1) is 9.16. The maximum absolute atomic E-state index is 11.9. The number of hydrogen-bond acceptors (Lipinski definition) is 2. The van der Waals surface area contributed by atoms with Crippen LogP contribution in [-0.4, -0.2) is 12.1 Å². The van der Waals surface area contributed by atoms with E-state index < -0.39 is 0 Å². The Bertz CT molecular complexity index is 606. The normalized spacial score (nSPS) is 10.6. The monoisotopic (exact) mass is 316 g/mol. The molecule has 3 nitrogen and oxygen atoms in total. The molecule has 0 aromatic heterocycles. The van der Waals surface area contributed by atoms with Crippen LogP contribution < -0.4 is 5.43 Å². The second-order valence-corrected chi connectivity index (χ2v) is 4.98. The Hall–Kier alpha value is -1.94. The number of hydrazone groups is 1. The van der Waals surface area contributed by atoms with Crippen LogP contribution in [0, 0.1) is 6.92 Å². The molecule has 0 unspecified atom stereocenters. The van der Waals surface area contributed by atoms with E-state index in [4.69, 9.17) is 0 Å².